The van der Waals surface area contributed by atoms with E-state index in [-0.39, 0.29) is 17.0 Å². The van der Waals surface area contributed by atoms with Gasteiger partial charge < -0.3 is 14.6 Å². The summed E-state index contributed by atoms with van der Waals surface area (Å²) in [6.07, 6.45) is 0. The van der Waals surface area contributed by atoms with Crippen LogP contribution >= 0.6 is 11.3 Å². The number of rotatable bonds is 5. The van der Waals surface area contributed by atoms with Crippen LogP contribution in [0.4, 0.5) is 5.69 Å². The molecule has 1 N–H and O–H groups in total. The summed E-state index contributed by atoms with van der Waals surface area (Å²) in [6.45, 7) is 3.05. The first-order valence-corrected chi connectivity index (χ1v) is 6.41. The molecule has 0 aromatic carbocycles. The molecule has 9 heteroatoms. The highest BCUT2D eigenvalue weighted by Gasteiger charge is 2.37. The third kappa shape index (κ3) is 2.87. The zero-order valence-corrected chi connectivity index (χ0v) is 11.9. The third-order valence-corrected chi connectivity index (χ3v) is 3.50. The molecule has 1 atom stereocenters. The molecule has 0 aliphatic rings. The molecule has 0 radical (unpaired) electrons. The van der Waals surface area contributed by atoms with Crippen molar-refractivity contribution in [3.63, 3.8) is 0 Å². The number of hydrogen-bond donors (Lipinski definition) is 1. The topological polar surface area (TPSA) is 116 Å². The molecule has 1 unspecified atom stereocenters. The van der Waals surface area contributed by atoms with Crippen LogP contribution < -0.4 is 0 Å². The molecule has 0 saturated carbocycles. The van der Waals surface area contributed by atoms with Crippen molar-refractivity contribution in [3.8, 4) is 5.06 Å². The highest BCUT2D eigenvalue weighted by molar-refractivity contribution is 7.16. The van der Waals surface area contributed by atoms with E-state index in [1.54, 1.807) is 6.92 Å². The largest absolute Gasteiger partial charge is 0.495 e. The van der Waals surface area contributed by atoms with Gasteiger partial charge in [0, 0.05) is 0 Å². The fourth-order valence-electron chi connectivity index (χ4n) is 1.63. The molecule has 0 saturated heterocycles. The van der Waals surface area contributed by atoms with Crippen LogP contribution in [0.15, 0.2) is 0 Å². The maximum atomic E-state index is 11.7. The molecular formula is C11H13NO7S. The van der Waals surface area contributed by atoms with Crippen LogP contribution in [0.5, 0.6) is 5.06 Å². The zero-order valence-electron chi connectivity index (χ0n) is 11.0. The van der Waals surface area contributed by atoms with Crippen LogP contribution in [0.1, 0.15) is 35.0 Å². The van der Waals surface area contributed by atoms with Crippen LogP contribution in [0.25, 0.3) is 0 Å². The number of carbonyl (C=O) groups is 2. The van der Waals surface area contributed by atoms with Crippen LogP contribution in [-0.2, 0) is 14.3 Å². The molecule has 110 valence electrons. The minimum Gasteiger partial charge on any atom is -0.495 e. The number of carbonyl (C=O) groups excluding carboxylic acids is 2. The Hall–Kier alpha value is -2.16. The molecule has 1 aromatic rings. The van der Waals surface area contributed by atoms with E-state index in [1.165, 1.54) is 6.92 Å². The Kier molecular flexibility index (Phi) is 5.03. The Morgan fingerprint density at radius 1 is 1.50 bits per heavy atom. The summed E-state index contributed by atoms with van der Waals surface area (Å²) >= 11 is 0.497. The first kappa shape index (κ1) is 15.9. The monoisotopic (exact) mass is 303 g/mol. The number of methoxy groups -OCH3 is 1. The summed E-state index contributed by atoms with van der Waals surface area (Å²) in [4.78, 5) is 33.3. The van der Waals surface area contributed by atoms with Gasteiger partial charge in [0.2, 0.25) is 0 Å². The molecule has 0 fully saturated rings. The van der Waals surface area contributed by atoms with Gasteiger partial charge >= 0.3 is 17.6 Å². The molecule has 1 aromatic heterocycles. The lowest BCUT2D eigenvalue weighted by molar-refractivity contribution is -0.386. The minimum atomic E-state index is -1.07. The van der Waals surface area contributed by atoms with E-state index in [2.05, 4.69) is 4.74 Å². The Morgan fingerprint density at radius 3 is 2.55 bits per heavy atom. The molecule has 0 spiro atoms. The van der Waals surface area contributed by atoms with E-state index in [1.807, 2.05) is 0 Å². The lowest BCUT2D eigenvalue weighted by Crippen LogP contribution is -2.16. The molecule has 1 heterocycles. The van der Waals surface area contributed by atoms with Crippen molar-refractivity contribution in [2.75, 3.05) is 13.7 Å². The normalized spacial score (nSPS) is 11.8. The van der Waals surface area contributed by atoms with Gasteiger partial charge in [-0.15, -0.1) is 0 Å². The second kappa shape index (κ2) is 6.33. The van der Waals surface area contributed by atoms with Gasteiger partial charge in [0.1, 0.15) is 4.88 Å². The molecule has 0 aliphatic carbocycles. The summed E-state index contributed by atoms with van der Waals surface area (Å²) in [5.41, 5.74) is -0.862. The second-order valence-electron chi connectivity index (χ2n) is 3.72. The Balaban J connectivity index is 3.43. The number of hydrogen-bond acceptors (Lipinski definition) is 8. The van der Waals surface area contributed by atoms with Gasteiger partial charge in [-0.25, -0.2) is 4.79 Å². The molecule has 0 aliphatic heterocycles. The maximum Gasteiger partial charge on any atom is 0.348 e. The highest BCUT2D eigenvalue weighted by atomic mass is 32.1. The van der Waals surface area contributed by atoms with Crippen molar-refractivity contribution < 1.29 is 29.1 Å². The molecule has 0 bridgehead atoms. The number of nitro groups is 1. The van der Waals surface area contributed by atoms with Crippen molar-refractivity contribution in [1.82, 2.24) is 0 Å². The number of thiophene rings is 1. The van der Waals surface area contributed by atoms with Crippen molar-refractivity contribution >= 4 is 29.0 Å². The highest BCUT2D eigenvalue weighted by Crippen LogP contribution is 2.45. The Bertz CT molecular complexity index is 551. The lowest BCUT2D eigenvalue weighted by Gasteiger charge is -2.10. The fourth-order valence-corrected chi connectivity index (χ4v) is 2.65. The standard InChI is InChI=1S/C11H13NO7S/c1-4-19-9(13)5(2)6-7(12(16)17)11(15)20-8(6)10(14)18-3/h5,15H,4H2,1-3H3. The average Bonchev–Trinajstić information content (AvgIpc) is 2.74. The van der Waals surface area contributed by atoms with Crippen molar-refractivity contribution in [1.29, 1.82) is 0 Å². The van der Waals surface area contributed by atoms with Crippen LogP contribution in [0, 0.1) is 10.1 Å². The van der Waals surface area contributed by atoms with Crippen molar-refractivity contribution in [2.45, 2.75) is 19.8 Å². The molecular weight excluding hydrogens is 290 g/mol. The van der Waals surface area contributed by atoms with Crippen LogP contribution in [0.2, 0.25) is 0 Å². The summed E-state index contributed by atoms with van der Waals surface area (Å²) in [5, 5.41) is 20.0. The van der Waals surface area contributed by atoms with Gasteiger partial charge in [-0.2, -0.15) is 0 Å². The first-order valence-electron chi connectivity index (χ1n) is 5.60. The maximum absolute atomic E-state index is 11.7. The fraction of sp³-hybridized carbons (Fsp3) is 0.455. The van der Waals surface area contributed by atoms with E-state index in [0.29, 0.717) is 11.3 Å². The number of ether oxygens (including phenoxy) is 2. The van der Waals surface area contributed by atoms with Gasteiger partial charge in [-0.05, 0) is 13.8 Å². The van der Waals surface area contributed by atoms with E-state index in [9.17, 15) is 24.8 Å². The summed E-state index contributed by atoms with van der Waals surface area (Å²) < 4.78 is 9.28. The van der Waals surface area contributed by atoms with Gasteiger partial charge in [0.25, 0.3) is 5.06 Å². The SMILES string of the molecule is CCOC(=O)C(C)c1c(C(=O)OC)sc(O)c1[N+](=O)[O-]. The number of nitrogens with zero attached hydrogens (tertiary/aromatic N) is 1. The minimum absolute atomic E-state index is 0.0979. The number of esters is 2. The number of aromatic hydroxyl groups is 1. The summed E-state index contributed by atoms with van der Waals surface area (Å²) in [5.74, 6) is -2.65. The molecule has 1 rings (SSSR count). The lowest BCUT2D eigenvalue weighted by atomic mass is 10.0. The quantitative estimate of drug-likeness (QED) is 0.501. The van der Waals surface area contributed by atoms with E-state index in [0.717, 1.165) is 7.11 Å². The van der Waals surface area contributed by atoms with Crippen molar-refractivity contribution in [3.05, 3.63) is 20.6 Å². The van der Waals surface area contributed by atoms with Gasteiger partial charge in [0.15, 0.2) is 0 Å². The zero-order chi connectivity index (χ0) is 15.4. The molecule has 8 nitrogen and oxygen atoms in total. The van der Waals surface area contributed by atoms with Gasteiger partial charge in [0.05, 0.1) is 30.1 Å². The second-order valence-corrected chi connectivity index (χ2v) is 4.72. The molecule has 0 amide bonds. The Morgan fingerprint density at radius 2 is 2.10 bits per heavy atom. The van der Waals surface area contributed by atoms with Crippen LogP contribution in [0.3, 0.4) is 0 Å². The van der Waals surface area contributed by atoms with Crippen LogP contribution in [-0.4, -0.2) is 35.7 Å². The average molecular weight is 303 g/mol. The van der Waals surface area contributed by atoms with Gasteiger partial charge in [-0.1, -0.05) is 11.3 Å². The summed E-state index contributed by atoms with van der Waals surface area (Å²) in [7, 11) is 1.10. The summed E-state index contributed by atoms with van der Waals surface area (Å²) in [6, 6.07) is 0. The molecule has 20 heavy (non-hydrogen) atoms. The Labute approximate surface area is 118 Å². The van der Waals surface area contributed by atoms with E-state index >= 15 is 0 Å². The van der Waals surface area contributed by atoms with Crippen molar-refractivity contribution in [2.24, 2.45) is 0 Å². The van der Waals surface area contributed by atoms with Gasteiger partial charge in [-0.3, -0.25) is 14.9 Å². The predicted molar refractivity (Wildman–Crippen MR) is 69.0 cm³/mol. The third-order valence-electron chi connectivity index (χ3n) is 2.53. The predicted octanol–water partition coefficient (Wildman–Crippen LogP) is 1.82. The smallest absolute Gasteiger partial charge is 0.348 e. The first-order chi connectivity index (χ1) is 9.34. The van der Waals surface area contributed by atoms with E-state index in [4.69, 9.17) is 4.74 Å². The van der Waals surface area contributed by atoms with E-state index < -0.39 is 33.5 Å².